The molecule has 1 N–H and O–H groups in total. The fraction of sp³-hybridized carbons (Fsp3) is 0.364. The predicted octanol–water partition coefficient (Wildman–Crippen LogP) is 4.22. The second kappa shape index (κ2) is 9.11. The molecule has 0 spiro atoms. The van der Waals surface area contributed by atoms with E-state index in [9.17, 15) is 9.59 Å². The van der Waals surface area contributed by atoms with Gasteiger partial charge in [0.1, 0.15) is 11.8 Å². The largest absolute Gasteiger partial charge is 0.494 e. The Balaban J connectivity index is 1.69. The van der Waals surface area contributed by atoms with Crippen molar-refractivity contribution in [2.45, 2.75) is 38.8 Å². The number of ether oxygens (including phenoxy) is 1. The lowest BCUT2D eigenvalue weighted by Crippen LogP contribution is -2.46. The Morgan fingerprint density at radius 1 is 1.25 bits per heavy atom. The van der Waals surface area contributed by atoms with E-state index in [4.69, 9.17) is 16.3 Å². The monoisotopic (exact) mass is 400 g/mol. The summed E-state index contributed by atoms with van der Waals surface area (Å²) < 4.78 is 5.48. The van der Waals surface area contributed by atoms with Crippen LogP contribution in [0, 0.1) is 0 Å². The molecule has 3 rings (SSSR count). The predicted molar refractivity (Wildman–Crippen MR) is 110 cm³/mol. The summed E-state index contributed by atoms with van der Waals surface area (Å²) in [6.45, 7) is 4.94. The molecule has 2 atom stereocenters. The van der Waals surface area contributed by atoms with Crippen molar-refractivity contribution in [1.29, 1.82) is 0 Å². The molecule has 0 radical (unpaired) electrons. The van der Waals surface area contributed by atoms with E-state index in [-0.39, 0.29) is 17.9 Å². The average Bonchev–Trinajstić information content (AvgIpc) is 3.18. The Labute approximate surface area is 170 Å². The lowest BCUT2D eigenvalue weighted by Gasteiger charge is -2.26. The van der Waals surface area contributed by atoms with Crippen molar-refractivity contribution in [3.63, 3.8) is 0 Å². The van der Waals surface area contributed by atoms with Gasteiger partial charge in [0.25, 0.3) is 5.91 Å². The first-order valence-electron chi connectivity index (χ1n) is 9.59. The van der Waals surface area contributed by atoms with Crippen LogP contribution < -0.4 is 10.1 Å². The molecule has 0 saturated carbocycles. The maximum atomic E-state index is 13.0. The third kappa shape index (κ3) is 4.65. The molecule has 1 fully saturated rings. The molecule has 2 unspecified atom stereocenters. The summed E-state index contributed by atoms with van der Waals surface area (Å²) in [5, 5.41) is 3.68. The second-order valence-corrected chi connectivity index (χ2v) is 7.34. The number of amides is 2. The summed E-state index contributed by atoms with van der Waals surface area (Å²) >= 11 is 5.93. The molecule has 2 amide bonds. The van der Waals surface area contributed by atoms with Crippen molar-refractivity contribution < 1.29 is 14.3 Å². The summed E-state index contributed by atoms with van der Waals surface area (Å²) in [6, 6.07) is 13.9. The topological polar surface area (TPSA) is 58.6 Å². The zero-order valence-electron chi connectivity index (χ0n) is 16.2. The van der Waals surface area contributed by atoms with Crippen LogP contribution in [0.25, 0.3) is 0 Å². The zero-order chi connectivity index (χ0) is 20.1. The van der Waals surface area contributed by atoms with Gasteiger partial charge in [-0.2, -0.15) is 0 Å². The Bertz CT molecular complexity index is 838. The van der Waals surface area contributed by atoms with E-state index in [2.05, 4.69) is 5.32 Å². The molecular weight excluding hydrogens is 376 g/mol. The van der Waals surface area contributed by atoms with Gasteiger partial charge < -0.3 is 15.0 Å². The Morgan fingerprint density at radius 3 is 2.71 bits per heavy atom. The van der Waals surface area contributed by atoms with Crippen LogP contribution in [-0.4, -0.2) is 35.9 Å². The van der Waals surface area contributed by atoms with E-state index < -0.39 is 6.04 Å². The molecule has 0 aliphatic carbocycles. The third-order valence-electron chi connectivity index (χ3n) is 4.94. The molecule has 1 saturated heterocycles. The fourth-order valence-corrected chi connectivity index (χ4v) is 3.60. The number of hydrogen-bond acceptors (Lipinski definition) is 3. The quantitative estimate of drug-likeness (QED) is 0.789. The Morgan fingerprint density at radius 2 is 2.00 bits per heavy atom. The summed E-state index contributed by atoms with van der Waals surface area (Å²) in [6.07, 6.45) is 1.47. The molecule has 6 heteroatoms. The highest BCUT2D eigenvalue weighted by molar-refractivity contribution is 6.30. The molecule has 1 aliphatic heterocycles. The summed E-state index contributed by atoms with van der Waals surface area (Å²) in [5.74, 6) is 0.387. The van der Waals surface area contributed by atoms with Crippen molar-refractivity contribution in [3.8, 4) is 5.75 Å². The fourth-order valence-electron chi connectivity index (χ4n) is 3.48. The lowest BCUT2D eigenvalue weighted by atomic mass is 10.1. The van der Waals surface area contributed by atoms with E-state index in [0.29, 0.717) is 35.9 Å². The van der Waals surface area contributed by atoms with E-state index in [1.165, 1.54) is 0 Å². The van der Waals surface area contributed by atoms with E-state index in [1.54, 1.807) is 35.2 Å². The smallest absolute Gasteiger partial charge is 0.254 e. The minimum Gasteiger partial charge on any atom is -0.494 e. The second-order valence-electron chi connectivity index (χ2n) is 6.90. The van der Waals surface area contributed by atoms with Gasteiger partial charge in [-0.15, -0.1) is 0 Å². The number of likely N-dealkylation sites (tertiary alicyclic amines) is 1. The van der Waals surface area contributed by atoms with Gasteiger partial charge in [0, 0.05) is 17.1 Å². The first kappa shape index (κ1) is 20.2. The summed E-state index contributed by atoms with van der Waals surface area (Å²) in [7, 11) is 0. The van der Waals surface area contributed by atoms with Crippen LogP contribution in [0.2, 0.25) is 5.02 Å². The van der Waals surface area contributed by atoms with Crippen LogP contribution in [0.15, 0.2) is 48.5 Å². The number of nitrogens with one attached hydrogen (secondary N) is 1. The average molecular weight is 401 g/mol. The molecule has 2 aromatic carbocycles. The number of carbonyl (C=O) groups is 2. The molecule has 0 aromatic heterocycles. The standard InChI is InChI=1S/C22H25ClN2O3/c1-3-28-19-7-4-6-17(14-19)22(27)25-13-5-8-20(25)21(26)24-15(2)16-9-11-18(23)12-10-16/h4,6-7,9-12,14-15,20H,3,5,8,13H2,1-2H3,(H,24,26). The van der Waals surface area contributed by atoms with Crippen LogP contribution in [0.4, 0.5) is 0 Å². The summed E-state index contributed by atoms with van der Waals surface area (Å²) in [4.78, 5) is 27.5. The highest BCUT2D eigenvalue weighted by atomic mass is 35.5. The number of halogens is 1. The SMILES string of the molecule is CCOc1cccc(C(=O)N2CCCC2C(=O)NC(C)c2ccc(Cl)cc2)c1. The van der Waals surface area contributed by atoms with Gasteiger partial charge in [0.15, 0.2) is 0 Å². The molecule has 5 nitrogen and oxygen atoms in total. The van der Waals surface area contributed by atoms with Crippen LogP contribution in [0.3, 0.4) is 0 Å². The van der Waals surface area contributed by atoms with Gasteiger partial charge in [-0.3, -0.25) is 9.59 Å². The third-order valence-corrected chi connectivity index (χ3v) is 5.19. The van der Waals surface area contributed by atoms with Gasteiger partial charge in [-0.25, -0.2) is 0 Å². The van der Waals surface area contributed by atoms with Crippen LogP contribution >= 0.6 is 11.6 Å². The molecule has 28 heavy (non-hydrogen) atoms. The molecular formula is C22H25ClN2O3. The maximum absolute atomic E-state index is 13.0. The molecule has 148 valence electrons. The highest BCUT2D eigenvalue weighted by Gasteiger charge is 2.35. The van der Waals surface area contributed by atoms with Crippen molar-refractivity contribution in [3.05, 3.63) is 64.7 Å². The lowest BCUT2D eigenvalue weighted by molar-refractivity contribution is -0.125. The maximum Gasteiger partial charge on any atom is 0.254 e. The van der Waals surface area contributed by atoms with Gasteiger partial charge in [0.05, 0.1) is 12.6 Å². The van der Waals surface area contributed by atoms with Crippen molar-refractivity contribution >= 4 is 23.4 Å². The van der Waals surface area contributed by atoms with Crippen LogP contribution in [0.1, 0.15) is 48.7 Å². The Kier molecular flexibility index (Phi) is 6.57. The highest BCUT2D eigenvalue weighted by Crippen LogP contribution is 2.24. The number of benzene rings is 2. The van der Waals surface area contributed by atoms with Crippen molar-refractivity contribution in [2.75, 3.05) is 13.2 Å². The van der Waals surface area contributed by atoms with Gasteiger partial charge >= 0.3 is 0 Å². The van der Waals surface area contributed by atoms with Gasteiger partial charge in [-0.1, -0.05) is 29.8 Å². The van der Waals surface area contributed by atoms with Crippen molar-refractivity contribution in [2.24, 2.45) is 0 Å². The minimum atomic E-state index is -0.460. The first-order chi connectivity index (χ1) is 13.5. The number of nitrogens with zero attached hydrogens (tertiary/aromatic N) is 1. The van der Waals surface area contributed by atoms with E-state index >= 15 is 0 Å². The Hall–Kier alpha value is -2.53. The summed E-state index contributed by atoms with van der Waals surface area (Å²) in [5.41, 5.74) is 1.51. The molecule has 2 aromatic rings. The number of rotatable bonds is 6. The van der Waals surface area contributed by atoms with Gasteiger partial charge in [-0.05, 0) is 62.6 Å². The van der Waals surface area contributed by atoms with Crippen molar-refractivity contribution in [1.82, 2.24) is 10.2 Å². The van der Waals surface area contributed by atoms with Crippen LogP contribution in [-0.2, 0) is 4.79 Å². The number of carbonyl (C=O) groups excluding carboxylic acids is 2. The molecule has 0 bridgehead atoms. The molecule has 1 heterocycles. The molecule has 1 aliphatic rings. The van der Waals surface area contributed by atoms with Gasteiger partial charge in [0.2, 0.25) is 5.91 Å². The zero-order valence-corrected chi connectivity index (χ0v) is 16.9. The van der Waals surface area contributed by atoms with E-state index in [1.807, 2.05) is 32.0 Å². The number of hydrogen-bond donors (Lipinski definition) is 1. The van der Waals surface area contributed by atoms with E-state index in [0.717, 1.165) is 12.0 Å². The minimum absolute atomic E-state index is 0.130. The van der Waals surface area contributed by atoms with Crippen LogP contribution in [0.5, 0.6) is 5.75 Å². The normalized spacial score (nSPS) is 17.2. The first-order valence-corrected chi connectivity index (χ1v) is 9.97.